The van der Waals surface area contributed by atoms with E-state index >= 15 is 0 Å². The minimum Gasteiger partial charge on any atom is -0.480 e. The highest BCUT2D eigenvalue weighted by Gasteiger charge is 2.38. The summed E-state index contributed by atoms with van der Waals surface area (Å²) in [4.78, 5) is 36.9. The van der Waals surface area contributed by atoms with Crippen LogP contribution in [0.3, 0.4) is 0 Å². The maximum atomic E-state index is 12.3. The number of carbonyl (C=O) groups is 3. The van der Waals surface area contributed by atoms with Crippen LogP contribution in [0.2, 0.25) is 0 Å². The van der Waals surface area contributed by atoms with E-state index in [2.05, 4.69) is 0 Å². The van der Waals surface area contributed by atoms with Crippen molar-refractivity contribution in [1.29, 1.82) is 0 Å². The van der Waals surface area contributed by atoms with E-state index in [1.54, 1.807) is 12.1 Å². The molecular weight excluding hydrogens is 282 g/mol. The normalized spacial score (nSPS) is 15.2. The summed E-state index contributed by atoms with van der Waals surface area (Å²) in [6, 6.07) is 6.40. The number of nitrogens with zero attached hydrogens (tertiary/aromatic N) is 1. The van der Waals surface area contributed by atoms with Crippen LogP contribution in [0.5, 0.6) is 0 Å². The van der Waals surface area contributed by atoms with Crippen LogP contribution in [-0.4, -0.2) is 39.7 Å². The fourth-order valence-electron chi connectivity index (χ4n) is 2.44. The molecule has 1 amide bonds. The Bertz CT molecular complexity index is 575. The number of rotatable bonds is 7. The number of aliphatic carboxylic acids is 1. The molecule has 1 aromatic carbocycles. The molecular formula is C17H21NO4. The molecule has 2 rings (SSSR count). The van der Waals surface area contributed by atoms with Crippen LogP contribution in [0.25, 0.3) is 0 Å². The summed E-state index contributed by atoms with van der Waals surface area (Å²) >= 11 is 0. The van der Waals surface area contributed by atoms with Crippen molar-refractivity contribution < 1.29 is 19.5 Å². The molecule has 1 aliphatic carbocycles. The van der Waals surface area contributed by atoms with Crippen LogP contribution in [0, 0.1) is 6.92 Å². The van der Waals surface area contributed by atoms with Crippen molar-refractivity contribution in [2.45, 2.75) is 51.6 Å². The first-order valence-electron chi connectivity index (χ1n) is 7.54. The molecule has 1 N–H and O–H groups in total. The summed E-state index contributed by atoms with van der Waals surface area (Å²) < 4.78 is 0. The number of aryl methyl sites for hydroxylation is 1. The quantitative estimate of drug-likeness (QED) is 0.785. The molecule has 1 aromatic rings. The highest BCUT2D eigenvalue weighted by Crippen LogP contribution is 2.29. The SMILES string of the molecule is Cc1ccc(C(=O)CCC(=O)N(C2CC2)C(C)C(=O)O)cc1. The minimum absolute atomic E-state index is 0.0214. The van der Waals surface area contributed by atoms with Crippen molar-refractivity contribution in [3.8, 4) is 0 Å². The van der Waals surface area contributed by atoms with Gasteiger partial charge in [0.25, 0.3) is 0 Å². The van der Waals surface area contributed by atoms with E-state index in [-0.39, 0.29) is 30.6 Å². The number of hydrogen-bond acceptors (Lipinski definition) is 3. The van der Waals surface area contributed by atoms with Crippen molar-refractivity contribution in [3.05, 3.63) is 35.4 Å². The van der Waals surface area contributed by atoms with E-state index in [9.17, 15) is 14.4 Å². The summed E-state index contributed by atoms with van der Waals surface area (Å²) in [7, 11) is 0. The summed E-state index contributed by atoms with van der Waals surface area (Å²) in [6.07, 6.45) is 1.85. The summed E-state index contributed by atoms with van der Waals surface area (Å²) in [5, 5.41) is 9.10. The van der Waals surface area contributed by atoms with Gasteiger partial charge in [-0.15, -0.1) is 0 Å². The van der Waals surface area contributed by atoms with Gasteiger partial charge in [0.15, 0.2) is 5.78 Å². The average Bonchev–Trinajstić information content (AvgIpc) is 3.30. The lowest BCUT2D eigenvalue weighted by molar-refractivity contribution is -0.150. The molecule has 22 heavy (non-hydrogen) atoms. The molecule has 0 aliphatic heterocycles. The molecule has 118 valence electrons. The van der Waals surface area contributed by atoms with Crippen LogP contribution in [0.15, 0.2) is 24.3 Å². The van der Waals surface area contributed by atoms with Gasteiger partial charge < -0.3 is 10.0 Å². The van der Waals surface area contributed by atoms with Crippen LogP contribution < -0.4 is 0 Å². The topological polar surface area (TPSA) is 74.7 Å². The standard InChI is InChI=1S/C17H21NO4/c1-11-3-5-13(6-4-11)15(19)9-10-16(20)18(14-7-8-14)12(2)17(21)22/h3-6,12,14H,7-10H2,1-2H3,(H,21,22). The van der Waals surface area contributed by atoms with Crippen LogP contribution >= 0.6 is 0 Å². The first kappa shape index (κ1) is 16.2. The molecule has 0 heterocycles. The molecule has 0 saturated heterocycles. The number of carbonyl (C=O) groups excluding carboxylic acids is 2. The Balaban J connectivity index is 1.94. The predicted octanol–water partition coefficient (Wildman–Crippen LogP) is 2.42. The summed E-state index contributed by atoms with van der Waals surface area (Å²) in [6.45, 7) is 3.46. The molecule has 0 aromatic heterocycles. The van der Waals surface area contributed by atoms with Crippen molar-refractivity contribution in [1.82, 2.24) is 4.90 Å². The van der Waals surface area contributed by atoms with Gasteiger partial charge in [0.05, 0.1) is 0 Å². The van der Waals surface area contributed by atoms with E-state index in [1.807, 2.05) is 19.1 Å². The van der Waals surface area contributed by atoms with Crippen LogP contribution in [0.1, 0.15) is 48.5 Å². The van der Waals surface area contributed by atoms with Gasteiger partial charge in [-0.05, 0) is 26.7 Å². The third kappa shape index (κ3) is 3.93. The van der Waals surface area contributed by atoms with Gasteiger partial charge in [-0.2, -0.15) is 0 Å². The first-order valence-corrected chi connectivity index (χ1v) is 7.54. The molecule has 5 nitrogen and oxygen atoms in total. The Labute approximate surface area is 129 Å². The Morgan fingerprint density at radius 1 is 1.18 bits per heavy atom. The average molecular weight is 303 g/mol. The van der Waals surface area contributed by atoms with Gasteiger partial charge in [-0.3, -0.25) is 9.59 Å². The fourth-order valence-corrected chi connectivity index (χ4v) is 2.44. The smallest absolute Gasteiger partial charge is 0.326 e. The lowest BCUT2D eigenvalue weighted by Crippen LogP contribution is -2.44. The zero-order valence-electron chi connectivity index (χ0n) is 12.9. The number of carboxylic acid groups (broad SMARTS) is 1. The van der Waals surface area contributed by atoms with Crippen molar-refractivity contribution in [2.75, 3.05) is 0 Å². The van der Waals surface area contributed by atoms with Gasteiger partial charge in [-0.1, -0.05) is 29.8 Å². The van der Waals surface area contributed by atoms with E-state index in [4.69, 9.17) is 5.11 Å². The highest BCUT2D eigenvalue weighted by molar-refractivity contribution is 5.98. The lowest BCUT2D eigenvalue weighted by Gasteiger charge is -2.26. The van der Waals surface area contributed by atoms with E-state index in [0.717, 1.165) is 18.4 Å². The number of hydrogen-bond donors (Lipinski definition) is 1. The first-order chi connectivity index (χ1) is 10.4. The Kier molecular flexibility index (Phi) is 4.96. The summed E-state index contributed by atoms with van der Waals surface area (Å²) in [5.74, 6) is -1.35. The second-order valence-corrected chi connectivity index (χ2v) is 5.84. The predicted molar refractivity (Wildman–Crippen MR) is 81.7 cm³/mol. The van der Waals surface area contributed by atoms with Crippen LogP contribution in [-0.2, 0) is 9.59 Å². The molecule has 1 unspecified atom stereocenters. The molecule has 1 fully saturated rings. The van der Waals surface area contributed by atoms with Gasteiger partial charge in [0.2, 0.25) is 5.91 Å². The molecule has 0 radical (unpaired) electrons. The fraction of sp³-hybridized carbons (Fsp3) is 0.471. The number of ketones is 1. The maximum absolute atomic E-state index is 12.3. The lowest BCUT2D eigenvalue weighted by atomic mass is 10.0. The zero-order chi connectivity index (χ0) is 16.3. The summed E-state index contributed by atoms with van der Waals surface area (Å²) in [5.41, 5.74) is 1.66. The van der Waals surface area contributed by atoms with Crippen molar-refractivity contribution in [2.24, 2.45) is 0 Å². The molecule has 1 saturated carbocycles. The Morgan fingerprint density at radius 3 is 2.27 bits per heavy atom. The second-order valence-electron chi connectivity index (χ2n) is 5.84. The minimum atomic E-state index is -1.01. The molecule has 0 bridgehead atoms. The van der Waals surface area contributed by atoms with Gasteiger partial charge in [0.1, 0.15) is 6.04 Å². The van der Waals surface area contributed by atoms with Crippen molar-refractivity contribution >= 4 is 17.7 Å². The van der Waals surface area contributed by atoms with E-state index in [1.165, 1.54) is 11.8 Å². The van der Waals surface area contributed by atoms with E-state index in [0.29, 0.717) is 5.56 Å². The number of amides is 1. The van der Waals surface area contributed by atoms with Gasteiger partial charge in [0, 0.05) is 24.4 Å². The molecule has 0 spiro atoms. The van der Waals surface area contributed by atoms with Gasteiger partial charge in [-0.25, -0.2) is 4.79 Å². The highest BCUT2D eigenvalue weighted by atomic mass is 16.4. The zero-order valence-corrected chi connectivity index (χ0v) is 12.9. The maximum Gasteiger partial charge on any atom is 0.326 e. The molecule has 5 heteroatoms. The Morgan fingerprint density at radius 2 is 1.77 bits per heavy atom. The number of benzene rings is 1. The van der Waals surface area contributed by atoms with E-state index < -0.39 is 12.0 Å². The second kappa shape index (κ2) is 6.73. The van der Waals surface area contributed by atoms with Gasteiger partial charge >= 0.3 is 5.97 Å². The Hall–Kier alpha value is -2.17. The van der Waals surface area contributed by atoms with Crippen molar-refractivity contribution in [3.63, 3.8) is 0 Å². The third-order valence-electron chi connectivity index (χ3n) is 3.94. The molecule has 1 atom stereocenters. The monoisotopic (exact) mass is 303 g/mol. The number of carboxylic acids is 1. The molecule has 1 aliphatic rings. The van der Waals surface area contributed by atoms with Crippen LogP contribution in [0.4, 0.5) is 0 Å². The largest absolute Gasteiger partial charge is 0.480 e. The third-order valence-corrected chi connectivity index (χ3v) is 3.94. The number of Topliss-reactive ketones (excluding diaryl/α,β-unsaturated/α-hetero) is 1.